The Bertz CT molecular complexity index is 728. The van der Waals surface area contributed by atoms with Gasteiger partial charge in [0.25, 0.3) is 11.8 Å². The number of ether oxygens (including phenoxy) is 1. The van der Waals surface area contributed by atoms with Gasteiger partial charge in [-0.3, -0.25) is 14.5 Å². The second-order valence-corrected chi connectivity index (χ2v) is 6.02. The Kier molecular flexibility index (Phi) is 4.18. The molecule has 0 radical (unpaired) electrons. The zero-order valence-electron chi connectivity index (χ0n) is 11.4. The first-order chi connectivity index (χ1) is 10.6. The molecule has 0 spiro atoms. The van der Waals surface area contributed by atoms with E-state index in [4.69, 9.17) is 16.3 Å². The minimum absolute atomic E-state index is 0.196. The quantitative estimate of drug-likeness (QED) is 0.759. The minimum atomic E-state index is -0.278. The first kappa shape index (κ1) is 15.1. The van der Waals surface area contributed by atoms with Gasteiger partial charge in [-0.2, -0.15) is 0 Å². The Morgan fingerprint density at radius 3 is 2.27 bits per heavy atom. The number of imide groups is 1. The lowest BCUT2D eigenvalue weighted by atomic mass is 10.1. The number of carbonyl (C=O) groups is 2. The number of nitrogens with zero attached hydrogens (tertiary/aromatic N) is 1. The second-order valence-electron chi connectivity index (χ2n) is 4.73. The van der Waals surface area contributed by atoms with Gasteiger partial charge in [-0.15, -0.1) is 0 Å². The number of rotatable bonds is 4. The van der Waals surface area contributed by atoms with Gasteiger partial charge < -0.3 is 4.74 Å². The molecule has 1 heterocycles. The molecule has 0 N–H and O–H groups in total. The number of hydrogen-bond acceptors (Lipinski definition) is 3. The maximum absolute atomic E-state index is 12.2. The molecule has 6 heteroatoms. The van der Waals surface area contributed by atoms with Gasteiger partial charge in [-0.05, 0) is 46.3 Å². The fourth-order valence-corrected chi connectivity index (χ4v) is 3.08. The highest BCUT2D eigenvalue weighted by atomic mass is 79.9. The van der Waals surface area contributed by atoms with Crippen molar-refractivity contribution in [1.82, 2.24) is 4.90 Å². The van der Waals surface area contributed by atoms with Crippen molar-refractivity contribution < 1.29 is 14.3 Å². The van der Waals surface area contributed by atoms with E-state index in [0.29, 0.717) is 21.9 Å². The van der Waals surface area contributed by atoms with Crippen molar-refractivity contribution in [2.45, 2.75) is 0 Å². The molecule has 0 saturated carbocycles. The molecule has 2 amide bonds. The maximum atomic E-state index is 12.2. The molecule has 3 rings (SSSR count). The van der Waals surface area contributed by atoms with E-state index in [2.05, 4.69) is 15.9 Å². The Hall–Kier alpha value is -1.85. The summed E-state index contributed by atoms with van der Waals surface area (Å²) in [5.74, 6) is 0.0553. The van der Waals surface area contributed by atoms with Crippen LogP contribution in [0.1, 0.15) is 20.7 Å². The molecule has 0 atom stereocenters. The molecule has 2 aromatic rings. The van der Waals surface area contributed by atoms with E-state index in [-0.39, 0.29) is 25.0 Å². The number of halogens is 2. The van der Waals surface area contributed by atoms with Crippen molar-refractivity contribution in [3.8, 4) is 5.75 Å². The number of benzene rings is 2. The van der Waals surface area contributed by atoms with Crippen molar-refractivity contribution in [1.29, 1.82) is 0 Å². The van der Waals surface area contributed by atoms with E-state index in [1.807, 2.05) is 0 Å². The summed E-state index contributed by atoms with van der Waals surface area (Å²) in [5, 5.41) is 0.597. The highest BCUT2D eigenvalue weighted by Gasteiger charge is 2.34. The standard InChI is InChI=1S/C16H11BrClNO3/c17-13-9-10(18)5-6-14(13)22-8-7-19-15(20)11-3-1-2-4-12(11)16(19)21/h1-6,9H,7-8H2. The van der Waals surface area contributed by atoms with Crippen LogP contribution in [0.25, 0.3) is 0 Å². The van der Waals surface area contributed by atoms with Crippen LogP contribution in [-0.4, -0.2) is 29.9 Å². The van der Waals surface area contributed by atoms with Crippen LogP contribution in [0.2, 0.25) is 5.02 Å². The van der Waals surface area contributed by atoms with Gasteiger partial charge in [-0.25, -0.2) is 0 Å². The third-order valence-electron chi connectivity index (χ3n) is 3.34. The zero-order valence-corrected chi connectivity index (χ0v) is 13.7. The van der Waals surface area contributed by atoms with Crippen LogP contribution in [-0.2, 0) is 0 Å². The summed E-state index contributed by atoms with van der Waals surface area (Å²) in [6.07, 6.45) is 0. The Morgan fingerprint density at radius 1 is 1.05 bits per heavy atom. The van der Waals surface area contributed by atoms with Gasteiger partial charge in [0.15, 0.2) is 0 Å². The molecular formula is C16H11BrClNO3. The normalized spacial score (nSPS) is 13.5. The van der Waals surface area contributed by atoms with Crippen LogP contribution in [0.4, 0.5) is 0 Å². The molecule has 22 heavy (non-hydrogen) atoms. The molecule has 2 aromatic carbocycles. The Balaban J connectivity index is 1.66. The first-order valence-corrected chi connectivity index (χ1v) is 7.78. The van der Waals surface area contributed by atoms with Gasteiger partial charge in [0, 0.05) is 5.02 Å². The second kappa shape index (κ2) is 6.10. The van der Waals surface area contributed by atoms with Gasteiger partial charge in [-0.1, -0.05) is 23.7 Å². The molecule has 112 valence electrons. The molecule has 1 aliphatic rings. The first-order valence-electron chi connectivity index (χ1n) is 6.61. The van der Waals surface area contributed by atoms with E-state index in [1.54, 1.807) is 42.5 Å². The van der Waals surface area contributed by atoms with E-state index in [1.165, 1.54) is 4.90 Å². The fraction of sp³-hybridized carbons (Fsp3) is 0.125. The number of hydrogen-bond donors (Lipinski definition) is 0. The summed E-state index contributed by atoms with van der Waals surface area (Å²) in [6, 6.07) is 12.0. The molecule has 0 bridgehead atoms. The van der Waals surface area contributed by atoms with Gasteiger partial charge in [0.2, 0.25) is 0 Å². The minimum Gasteiger partial charge on any atom is -0.491 e. The number of fused-ring (bicyclic) bond motifs is 1. The largest absolute Gasteiger partial charge is 0.491 e. The Labute approximate surface area is 140 Å². The molecule has 0 fully saturated rings. The van der Waals surface area contributed by atoms with E-state index in [0.717, 1.165) is 4.47 Å². The van der Waals surface area contributed by atoms with Crippen LogP contribution in [0.5, 0.6) is 5.75 Å². The van der Waals surface area contributed by atoms with Gasteiger partial charge in [0.05, 0.1) is 22.1 Å². The smallest absolute Gasteiger partial charge is 0.261 e. The summed E-state index contributed by atoms with van der Waals surface area (Å²) in [5.41, 5.74) is 0.889. The predicted octanol–water partition coefficient (Wildman–Crippen LogP) is 3.78. The third-order valence-corrected chi connectivity index (χ3v) is 4.20. The average molecular weight is 381 g/mol. The zero-order chi connectivity index (χ0) is 15.7. The maximum Gasteiger partial charge on any atom is 0.261 e. The van der Waals surface area contributed by atoms with E-state index in [9.17, 15) is 9.59 Å². The molecule has 4 nitrogen and oxygen atoms in total. The van der Waals surface area contributed by atoms with Crippen molar-refractivity contribution in [2.24, 2.45) is 0 Å². The predicted molar refractivity (Wildman–Crippen MR) is 86.5 cm³/mol. The molecule has 1 aliphatic heterocycles. The molecular weight excluding hydrogens is 370 g/mol. The third kappa shape index (κ3) is 2.74. The lowest BCUT2D eigenvalue weighted by Crippen LogP contribution is -2.33. The summed E-state index contributed by atoms with van der Waals surface area (Å²) in [4.78, 5) is 25.6. The van der Waals surface area contributed by atoms with Crippen LogP contribution in [0.15, 0.2) is 46.9 Å². The average Bonchev–Trinajstić information content (AvgIpc) is 2.75. The highest BCUT2D eigenvalue weighted by Crippen LogP contribution is 2.28. The Morgan fingerprint density at radius 2 is 1.68 bits per heavy atom. The highest BCUT2D eigenvalue weighted by molar-refractivity contribution is 9.10. The van der Waals surface area contributed by atoms with Crippen LogP contribution >= 0.6 is 27.5 Å². The van der Waals surface area contributed by atoms with Crippen LogP contribution < -0.4 is 4.74 Å². The van der Waals surface area contributed by atoms with Crippen molar-refractivity contribution in [3.05, 3.63) is 63.1 Å². The van der Waals surface area contributed by atoms with Crippen LogP contribution in [0, 0.1) is 0 Å². The lowest BCUT2D eigenvalue weighted by Gasteiger charge is -2.15. The van der Waals surface area contributed by atoms with Crippen molar-refractivity contribution in [3.63, 3.8) is 0 Å². The van der Waals surface area contributed by atoms with Crippen molar-refractivity contribution in [2.75, 3.05) is 13.2 Å². The number of amides is 2. The topological polar surface area (TPSA) is 46.6 Å². The van der Waals surface area contributed by atoms with E-state index < -0.39 is 0 Å². The SMILES string of the molecule is O=C1c2ccccc2C(=O)N1CCOc1ccc(Cl)cc1Br. The lowest BCUT2D eigenvalue weighted by molar-refractivity contribution is 0.0631. The van der Waals surface area contributed by atoms with Gasteiger partial charge in [0.1, 0.15) is 12.4 Å². The molecule has 0 aliphatic carbocycles. The summed E-state index contributed by atoms with van der Waals surface area (Å²) in [7, 11) is 0. The van der Waals surface area contributed by atoms with E-state index >= 15 is 0 Å². The molecule has 0 unspecified atom stereocenters. The number of carbonyl (C=O) groups excluding carboxylic acids is 2. The van der Waals surface area contributed by atoms with Crippen LogP contribution in [0.3, 0.4) is 0 Å². The molecule has 0 aromatic heterocycles. The van der Waals surface area contributed by atoms with Crippen molar-refractivity contribution >= 4 is 39.3 Å². The summed E-state index contributed by atoms with van der Waals surface area (Å²) >= 11 is 9.21. The molecule has 0 saturated heterocycles. The summed E-state index contributed by atoms with van der Waals surface area (Å²) in [6.45, 7) is 0.410. The van der Waals surface area contributed by atoms with Gasteiger partial charge >= 0.3 is 0 Å². The fourth-order valence-electron chi connectivity index (χ4n) is 2.28. The monoisotopic (exact) mass is 379 g/mol. The summed E-state index contributed by atoms with van der Waals surface area (Å²) < 4.78 is 6.32.